The van der Waals surface area contributed by atoms with Gasteiger partial charge in [0.2, 0.25) is 0 Å². The number of anilines is 1. The Labute approximate surface area is 114 Å². The van der Waals surface area contributed by atoms with Crippen molar-refractivity contribution in [3.63, 3.8) is 0 Å². The maximum Gasteiger partial charge on any atom is 0.271 e. The summed E-state index contributed by atoms with van der Waals surface area (Å²) in [4.78, 5) is 10.3. The van der Waals surface area contributed by atoms with Gasteiger partial charge in [0.15, 0.2) is 0 Å². The first-order valence-electron chi connectivity index (χ1n) is 5.85. The minimum absolute atomic E-state index is 0.0233. The smallest absolute Gasteiger partial charge is 0.271 e. The van der Waals surface area contributed by atoms with Crippen LogP contribution in [-0.2, 0) is 0 Å². The van der Waals surface area contributed by atoms with Crippen molar-refractivity contribution in [2.45, 2.75) is 18.4 Å². The molecule has 0 bridgehead atoms. The van der Waals surface area contributed by atoms with Gasteiger partial charge in [-0.3, -0.25) is 10.1 Å². The highest BCUT2D eigenvalue weighted by Gasteiger charge is 2.11. The second-order valence-electron chi connectivity index (χ2n) is 3.94. The fourth-order valence-corrected chi connectivity index (χ4v) is 2.35. The highest BCUT2D eigenvalue weighted by molar-refractivity contribution is 7.99. The van der Waals surface area contributed by atoms with Crippen LogP contribution in [0.25, 0.3) is 5.69 Å². The van der Waals surface area contributed by atoms with Crippen LogP contribution in [-0.4, -0.2) is 20.5 Å². The van der Waals surface area contributed by atoms with Gasteiger partial charge in [-0.2, -0.15) is 5.10 Å². The number of thioether (sulfide) groups is 1. The molecule has 0 radical (unpaired) electrons. The number of nitrogens with zero attached hydrogens (tertiary/aromatic N) is 3. The molecular weight excluding hydrogens is 264 g/mol. The predicted octanol–water partition coefficient (Wildman–Crippen LogP) is 2.86. The van der Waals surface area contributed by atoms with Crippen LogP contribution in [0.5, 0.6) is 0 Å². The van der Waals surface area contributed by atoms with Crippen LogP contribution in [0.15, 0.2) is 35.4 Å². The van der Waals surface area contributed by atoms with Crippen molar-refractivity contribution in [3.05, 3.63) is 40.4 Å². The number of nitro benzene ring substituents is 1. The van der Waals surface area contributed by atoms with Crippen molar-refractivity contribution in [1.29, 1.82) is 0 Å². The third-order valence-corrected chi connectivity index (χ3v) is 3.56. The van der Waals surface area contributed by atoms with E-state index >= 15 is 0 Å². The number of aromatic nitrogens is 2. The van der Waals surface area contributed by atoms with Gasteiger partial charge >= 0.3 is 0 Å². The number of hydrogen-bond acceptors (Lipinski definition) is 5. The average Bonchev–Trinajstić information content (AvgIpc) is 2.77. The molecule has 2 aromatic rings. The van der Waals surface area contributed by atoms with Crippen LogP contribution in [0.1, 0.15) is 13.3 Å². The summed E-state index contributed by atoms with van der Waals surface area (Å²) < 4.78 is 1.52. The van der Waals surface area contributed by atoms with Crippen LogP contribution >= 0.6 is 11.8 Å². The summed E-state index contributed by atoms with van der Waals surface area (Å²) in [5.41, 5.74) is 6.50. The summed E-state index contributed by atoms with van der Waals surface area (Å²) in [7, 11) is 0. The lowest BCUT2D eigenvalue weighted by Crippen LogP contribution is -2.02. The van der Waals surface area contributed by atoms with E-state index in [-0.39, 0.29) is 5.69 Å². The molecule has 0 saturated carbocycles. The van der Waals surface area contributed by atoms with E-state index < -0.39 is 4.92 Å². The van der Waals surface area contributed by atoms with Gasteiger partial charge in [-0.15, -0.1) is 11.8 Å². The van der Waals surface area contributed by atoms with Crippen molar-refractivity contribution in [3.8, 4) is 5.69 Å². The quantitative estimate of drug-likeness (QED) is 0.516. The van der Waals surface area contributed by atoms with Crippen LogP contribution in [0.4, 0.5) is 11.5 Å². The van der Waals surface area contributed by atoms with E-state index in [0.29, 0.717) is 11.5 Å². The topological polar surface area (TPSA) is 87.0 Å². The van der Waals surface area contributed by atoms with Crippen LogP contribution in [0, 0.1) is 10.1 Å². The Bertz CT molecular complexity index is 597. The number of benzene rings is 1. The Hall–Kier alpha value is -2.02. The van der Waals surface area contributed by atoms with E-state index in [0.717, 1.165) is 17.2 Å². The molecule has 100 valence electrons. The second-order valence-corrected chi connectivity index (χ2v) is 5.06. The molecule has 0 saturated heterocycles. The average molecular weight is 278 g/mol. The fourth-order valence-electron chi connectivity index (χ4n) is 1.60. The van der Waals surface area contributed by atoms with Crippen LogP contribution in [0.3, 0.4) is 0 Å². The van der Waals surface area contributed by atoms with Crippen molar-refractivity contribution < 1.29 is 4.92 Å². The zero-order chi connectivity index (χ0) is 13.8. The van der Waals surface area contributed by atoms with E-state index in [4.69, 9.17) is 5.73 Å². The van der Waals surface area contributed by atoms with Gasteiger partial charge in [0.05, 0.1) is 10.6 Å². The molecule has 1 heterocycles. The predicted molar refractivity (Wildman–Crippen MR) is 75.6 cm³/mol. The van der Waals surface area contributed by atoms with Gasteiger partial charge in [0.25, 0.3) is 5.69 Å². The lowest BCUT2D eigenvalue weighted by Gasteiger charge is -2.03. The molecule has 0 aliphatic heterocycles. The van der Waals surface area contributed by atoms with E-state index in [9.17, 15) is 10.1 Å². The van der Waals surface area contributed by atoms with Gasteiger partial charge in [-0.1, -0.05) is 13.0 Å². The number of nitrogens with two attached hydrogens (primary N) is 1. The molecule has 1 aromatic carbocycles. The van der Waals surface area contributed by atoms with Crippen molar-refractivity contribution in [2.75, 3.05) is 11.5 Å². The Morgan fingerprint density at radius 3 is 2.95 bits per heavy atom. The molecule has 0 amide bonds. The maximum absolute atomic E-state index is 10.8. The zero-order valence-electron chi connectivity index (χ0n) is 10.4. The normalized spacial score (nSPS) is 10.6. The Kier molecular flexibility index (Phi) is 4.06. The van der Waals surface area contributed by atoms with Crippen LogP contribution in [0.2, 0.25) is 0 Å². The summed E-state index contributed by atoms with van der Waals surface area (Å²) in [5.74, 6) is 1.44. The minimum Gasteiger partial charge on any atom is -0.384 e. The molecule has 0 unspecified atom stereocenters. The molecule has 1 aromatic heterocycles. The van der Waals surface area contributed by atoms with Gasteiger partial charge in [0.1, 0.15) is 10.8 Å². The van der Waals surface area contributed by atoms with E-state index in [1.807, 2.05) is 0 Å². The van der Waals surface area contributed by atoms with Gasteiger partial charge in [0, 0.05) is 18.2 Å². The summed E-state index contributed by atoms with van der Waals surface area (Å²) in [6.07, 6.45) is 1.05. The summed E-state index contributed by atoms with van der Waals surface area (Å²) >= 11 is 1.61. The third-order valence-electron chi connectivity index (χ3n) is 2.45. The number of nitrogen functional groups attached to an aromatic ring is 1. The first-order chi connectivity index (χ1) is 9.11. The van der Waals surface area contributed by atoms with Gasteiger partial charge in [-0.25, -0.2) is 4.68 Å². The monoisotopic (exact) mass is 278 g/mol. The summed E-state index contributed by atoms with van der Waals surface area (Å²) in [6.45, 7) is 2.09. The van der Waals surface area contributed by atoms with Crippen molar-refractivity contribution in [1.82, 2.24) is 9.78 Å². The largest absolute Gasteiger partial charge is 0.384 e. The number of rotatable bonds is 5. The lowest BCUT2D eigenvalue weighted by molar-refractivity contribution is -0.384. The molecule has 0 aliphatic carbocycles. The van der Waals surface area contributed by atoms with Crippen molar-refractivity contribution >= 4 is 23.3 Å². The third kappa shape index (κ3) is 3.05. The second kappa shape index (κ2) is 5.75. The summed E-state index contributed by atoms with van der Waals surface area (Å²) in [6, 6.07) is 8.03. The Morgan fingerprint density at radius 2 is 2.26 bits per heavy atom. The number of hydrogen-bond donors (Lipinski definition) is 1. The van der Waals surface area contributed by atoms with E-state index in [1.165, 1.54) is 16.8 Å². The summed E-state index contributed by atoms with van der Waals surface area (Å²) in [5, 5.41) is 15.9. The molecule has 0 fully saturated rings. The molecular formula is C12H14N4O2S. The standard InChI is InChI=1S/C12H14N4O2S/c1-2-6-19-12-8-11(13)15(14-12)9-4-3-5-10(7-9)16(17)18/h3-5,7-8H,2,6,13H2,1H3. The first-order valence-corrected chi connectivity index (χ1v) is 6.83. The van der Waals surface area contributed by atoms with E-state index in [1.54, 1.807) is 30.0 Å². The fraction of sp³-hybridized carbons (Fsp3) is 0.250. The SMILES string of the molecule is CCCSc1cc(N)n(-c2cccc([N+](=O)[O-])c2)n1. The van der Waals surface area contributed by atoms with Gasteiger partial charge in [-0.05, 0) is 18.2 Å². The van der Waals surface area contributed by atoms with Gasteiger partial charge < -0.3 is 5.73 Å². The first kappa shape index (κ1) is 13.4. The molecule has 2 rings (SSSR count). The van der Waals surface area contributed by atoms with E-state index in [2.05, 4.69) is 12.0 Å². The maximum atomic E-state index is 10.8. The molecule has 0 spiro atoms. The zero-order valence-corrected chi connectivity index (χ0v) is 11.3. The molecule has 2 N–H and O–H groups in total. The molecule has 7 heteroatoms. The van der Waals surface area contributed by atoms with Crippen molar-refractivity contribution in [2.24, 2.45) is 0 Å². The Balaban J connectivity index is 2.33. The number of nitro groups is 1. The minimum atomic E-state index is -0.435. The highest BCUT2D eigenvalue weighted by atomic mass is 32.2. The highest BCUT2D eigenvalue weighted by Crippen LogP contribution is 2.24. The molecule has 0 aliphatic rings. The molecule has 0 atom stereocenters. The molecule has 19 heavy (non-hydrogen) atoms. The molecule has 6 nitrogen and oxygen atoms in total. The number of non-ortho nitro benzene ring substituents is 1. The lowest BCUT2D eigenvalue weighted by atomic mass is 10.3. The van der Waals surface area contributed by atoms with Crippen LogP contribution < -0.4 is 5.73 Å². The Morgan fingerprint density at radius 1 is 1.47 bits per heavy atom.